The average molecular weight is 386 g/mol. The molecule has 2 aromatic rings. The van der Waals surface area contributed by atoms with Crippen LogP contribution in [0.1, 0.15) is 51.2 Å². The summed E-state index contributed by atoms with van der Waals surface area (Å²) in [6, 6.07) is 9.66. The second kappa shape index (κ2) is 10.6. The number of ether oxygens (including phenoxy) is 4. The Morgan fingerprint density at radius 1 is 0.786 bits per heavy atom. The number of hydrogen-bond acceptors (Lipinski definition) is 5. The zero-order chi connectivity index (χ0) is 20.5. The van der Waals surface area contributed by atoms with Gasteiger partial charge in [0.1, 0.15) is 0 Å². The fraction of sp³-hybridized carbons (Fsp3) is 0.435. The van der Waals surface area contributed by atoms with E-state index >= 15 is 0 Å². The topological polar surface area (TPSA) is 54.0 Å². The first-order valence-electron chi connectivity index (χ1n) is 9.82. The number of hydrogen-bond donors (Lipinski definition) is 0. The highest BCUT2D eigenvalue weighted by molar-refractivity contribution is 5.74. The van der Waals surface area contributed by atoms with Crippen molar-refractivity contribution in [3.63, 3.8) is 0 Å². The third-order valence-electron chi connectivity index (χ3n) is 4.33. The minimum atomic E-state index is -0.350. The maximum absolute atomic E-state index is 11.9. The van der Waals surface area contributed by atoms with Crippen molar-refractivity contribution < 1.29 is 23.7 Å². The first-order chi connectivity index (χ1) is 13.6. The van der Waals surface area contributed by atoms with Gasteiger partial charge in [0, 0.05) is 6.42 Å². The number of esters is 1. The second-order valence-electron chi connectivity index (χ2n) is 6.54. The van der Waals surface area contributed by atoms with Crippen molar-refractivity contribution in [2.45, 2.75) is 52.9 Å². The monoisotopic (exact) mass is 386 g/mol. The van der Waals surface area contributed by atoms with Gasteiger partial charge in [-0.25, -0.2) is 0 Å². The van der Waals surface area contributed by atoms with Crippen molar-refractivity contribution >= 4 is 5.97 Å². The van der Waals surface area contributed by atoms with Crippen LogP contribution in [-0.2, 0) is 17.6 Å². The van der Waals surface area contributed by atoms with E-state index in [2.05, 4.69) is 13.8 Å². The van der Waals surface area contributed by atoms with Crippen LogP contribution in [0.5, 0.6) is 28.7 Å². The summed E-state index contributed by atoms with van der Waals surface area (Å²) in [5.41, 5.74) is 2.23. The molecule has 2 rings (SSSR count). The minimum Gasteiger partial charge on any atom is -0.493 e. The van der Waals surface area contributed by atoms with E-state index in [4.69, 9.17) is 18.9 Å². The third kappa shape index (κ3) is 5.41. The summed E-state index contributed by atoms with van der Waals surface area (Å²) < 4.78 is 22.7. The van der Waals surface area contributed by atoms with Gasteiger partial charge in [0.2, 0.25) is 5.75 Å². The largest absolute Gasteiger partial charge is 0.493 e. The van der Waals surface area contributed by atoms with Gasteiger partial charge in [0.05, 0.1) is 14.2 Å². The lowest BCUT2D eigenvalue weighted by Gasteiger charge is -2.18. The molecule has 0 heterocycles. The summed E-state index contributed by atoms with van der Waals surface area (Å²) in [6.07, 6.45) is 4.12. The number of methoxy groups -OCH3 is 2. The number of rotatable bonds is 10. The van der Waals surface area contributed by atoms with Crippen molar-refractivity contribution in [1.82, 2.24) is 0 Å². The Balaban J connectivity index is 2.49. The lowest BCUT2D eigenvalue weighted by atomic mass is 10.1. The number of benzene rings is 2. The van der Waals surface area contributed by atoms with Crippen molar-refractivity contribution in [3.8, 4) is 28.7 Å². The van der Waals surface area contributed by atoms with E-state index in [0.29, 0.717) is 23.0 Å². The van der Waals surface area contributed by atoms with Gasteiger partial charge in [-0.1, -0.05) is 39.7 Å². The summed E-state index contributed by atoms with van der Waals surface area (Å²) in [5, 5.41) is 0. The molecule has 0 aromatic heterocycles. The molecule has 0 amide bonds. The van der Waals surface area contributed by atoms with Crippen LogP contribution in [0.2, 0.25) is 0 Å². The Bertz CT molecular complexity index is 798. The molecule has 0 fully saturated rings. The van der Waals surface area contributed by atoms with Crippen molar-refractivity contribution in [2.24, 2.45) is 0 Å². The van der Waals surface area contributed by atoms with Crippen LogP contribution < -0.4 is 18.9 Å². The Morgan fingerprint density at radius 2 is 1.39 bits per heavy atom. The van der Waals surface area contributed by atoms with Gasteiger partial charge >= 0.3 is 5.97 Å². The molecule has 152 valence electrons. The maximum atomic E-state index is 11.9. The van der Waals surface area contributed by atoms with Crippen LogP contribution in [0, 0.1) is 0 Å². The minimum absolute atomic E-state index is 0.258. The molecule has 0 unspecified atom stereocenters. The summed E-state index contributed by atoms with van der Waals surface area (Å²) in [4.78, 5) is 11.9. The van der Waals surface area contributed by atoms with E-state index in [1.54, 1.807) is 21.1 Å². The molecule has 0 saturated carbocycles. The first-order valence-corrected chi connectivity index (χ1v) is 9.82. The van der Waals surface area contributed by atoms with Crippen LogP contribution in [0.3, 0.4) is 0 Å². The third-order valence-corrected chi connectivity index (χ3v) is 4.33. The van der Waals surface area contributed by atoms with Crippen LogP contribution in [0.15, 0.2) is 30.3 Å². The summed E-state index contributed by atoms with van der Waals surface area (Å²) >= 11 is 0. The van der Waals surface area contributed by atoms with Gasteiger partial charge < -0.3 is 18.9 Å². The molecule has 5 heteroatoms. The predicted octanol–water partition coefficient (Wildman–Crippen LogP) is 5.72. The zero-order valence-corrected chi connectivity index (χ0v) is 17.5. The Labute approximate surface area is 167 Å². The molecule has 0 saturated heterocycles. The molecule has 0 spiro atoms. The van der Waals surface area contributed by atoms with Crippen LogP contribution in [0.25, 0.3) is 0 Å². The van der Waals surface area contributed by atoms with Crippen molar-refractivity contribution in [2.75, 3.05) is 14.2 Å². The second-order valence-corrected chi connectivity index (χ2v) is 6.54. The number of carbonyl (C=O) groups excluding carboxylic acids is 1. The van der Waals surface area contributed by atoms with Gasteiger partial charge in [-0.3, -0.25) is 4.79 Å². The van der Waals surface area contributed by atoms with Crippen LogP contribution >= 0.6 is 0 Å². The lowest BCUT2D eigenvalue weighted by molar-refractivity contribution is -0.134. The molecular formula is C23H30O5. The average Bonchev–Trinajstić information content (AvgIpc) is 2.70. The van der Waals surface area contributed by atoms with Gasteiger partial charge in [-0.2, -0.15) is 0 Å². The SMILES string of the molecule is CCCc1ccc(Oc2cc(CCC)cc(OC)c2OC(=O)CC)c(OC)c1. The van der Waals surface area contributed by atoms with E-state index in [0.717, 1.165) is 31.2 Å². The highest BCUT2D eigenvalue weighted by Gasteiger charge is 2.19. The fourth-order valence-corrected chi connectivity index (χ4v) is 2.94. The maximum Gasteiger partial charge on any atom is 0.311 e. The lowest BCUT2D eigenvalue weighted by Crippen LogP contribution is -2.08. The first kappa shape index (κ1) is 21.6. The van der Waals surface area contributed by atoms with E-state index in [-0.39, 0.29) is 18.1 Å². The molecular weight excluding hydrogens is 356 g/mol. The number of aryl methyl sites for hydroxylation is 2. The highest BCUT2D eigenvalue weighted by Crippen LogP contribution is 2.43. The molecule has 0 aliphatic carbocycles. The van der Waals surface area contributed by atoms with Gasteiger partial charge in [-0.05, 0) is 48.2 Å². The summed E-state index contributed by atoms with van der Waals surface area (Å²) in [7, 11) is 3.17. The Hall–Kier alpha value is -2.69. The smallest absolute Gasteiger partial charge is 0.311 e. The Kier molecular flexibility index (Phi) is 8.18. The van der Waals surface area contributed by atoms with E-state index < -0.39 is 0 Å². The predicted molar refractivity (Wildman–Crippen MR) is 110 cm³/mol. The number of carbonyl (C=O) groups is 1. The molecule has 0 N–H and O–H groups in total. The van der Waals surface area contributed by atoms with E-state index in [1.807, 2.05) is 30.3 Å². The highest BCUT2D eigenvalue weighted by atomic mass is 16.6. The van der Waals surface area contributed by atoms with Gasteiger partial charge in [-0.15, -0.1) is 0 Å². The molecule has 28 heavy (non-hydrogen) atoms. The van der Waals surface area contributed by atoms with Crippen molar-refractivity contribution in [3.05, 3.63) is 41.5 Å². The normalized spacial score (nSPS) is 10.5. The standard InChI is InChI=1S/C23H30O5/c1-6-9-16-11-12-18(19(13-16)25-4)27-21-15-17(10-7-2)14-20(26-5)23(21)28-22(24)8-3/h11-15H,6-10H2,1-5H3. The molecule has 0 bridgehead atoms. The zero-order valence-electron chi connectivity index (χ0n) is 17.5. The van der Waals surface area contributed by atoms with Crippen LogP contribution in [-0.4, -0.2) is 20.2 Å². The molecule has 0 radical (unpaired) electrons. The fourth-order valence-electron chi connectivity index (χ4n) is 2.94. The van der Waals surface area contributed by atoms with Gasteiger partial charge in [0.15, 0.2) is 23.0 Å². The molecule has 0 aliphatic rings. The van der Waals surface area contributed by atoms with Crippen molar-refractivity contribution in [1.29, 1.82) is 0 Å². The van der Waals surface area contributed by atoms with E-state index in [9.17, 15) is 4.79 Å². The van der Waals surface area contributed by atoms with E-state index in [1.165, 1.54) is 5.56 Å². The molecule has 0 atom stereocenters. The molecule has 0 aliphatic heterocycles. The summed E-state index contributed by atoms with van der Waals surface area (Å²) in [6.45, 7) is 5.99. The quantitative estimate of drug-likeness (QED) is 0.386. The van der Waals surface area contributed by atoms with Crippen LogP contribution in [0.4, 0.5) is 0 Å². The molecule has 2 aromatic carbocycles. The molecule has 5 nitrogen and oxygen atoms in total. The summed E-state index contributed by atoms with van der Waals surface area (Å²) in [5.74, 6) is 2.05. The Morgan fingerprint density at radius 3 is 2.00 bits per heavy atom. The van der Waals surface area contributed by atoms with Gasteiger partial charge in [0.25, 0.3) is 0 Å².